The fourth-order valence-electron chi connectivity index (χ4n) is 3.79. The summed E-state index contributed by atoms with van der Waals surface area (Å²) in [4.78, 5) is 41.3. The SMILES string of the molecule is O=C(Oc1ccc(Br)cc1C=Nn1c(-c2ccc(Cl)cc2Cl)nc2ccccc2c1=O)c1ccc([N+](=O)[O-])cc1. The summed E-state index contributed by atoms with van der Waals surface area (Å²) < 4.78 is 7.34. The van der Waals surface area contributed by atoms with Gasteiger partial charge in [-0.3, -0.25) is 14.9 Å². The van der Waals surface area contributed by atoms with E-state index < -0.39 is 16.5 Å². The Hall–Kier alpha value is -4.38. The maximum absolute atomic E-state index is 13.5. The van der Waals surface area contributed by atoms with Gasteiger partial charge in [0.2, 0.25) is 0 Å². The molecule has 5 rings (SSSR count). The molecule has 1 heterocycles. The van der Waals surface area contributed by atoms with Crippen molar-refractivity contribution in [1.29, 1.82) is 0 Å². The molecule has 4 aromatic carbocycles. The smallest absolute Gasteiger partial charge is 0.343 e. The second-order valence-corrected chi connectivity index (χ2v) is 10.1. The van der Waals surface area contributed by atoms with Crippen LogP contribution in [0.2, 0.25) is 10.0 Å². The lowest BCUT2D eigenvalue weighted by Crippen LogP contribution is -2.20. The number of rotatable bonds is 6. The Morgan fingerprint density at radius 1 is 1.02 bits per heavy atom. The summed E-state index contributed by atoms with van der Waals surface area (Å²) in [6, 6.07) is 21.5. The van der Waals surface area contributed by atoms with Gasteiger partial charge in [-0.2, -0.15) is 9.78 Å². The molecule has 40 heavy (non-hydrogen) atoms. The molecule has 9 nitrogen and oxygen atoms in total. The normalized spacial score (nSPS) is 11.2. The van der Waals surface area contributed by atoms with E-state index in [0.717, 1.165) is 4.68 Å². The van der Waals surface area contributed by atoms with Gasteiger partial charge in [0, 0.05) is 32.8 Å². The number of halogens is 3. The van der Waals surface area contributed by atoms with Crippen molar-refractivity contribution in [1.82, 2.24) is 9.66 Å². The molecule has 1 aromatic heterocycles. The third-order valence-corrected chi connectivity index (χ3v) is 6.77. The van der Waals surface area contributed by atoms with Crippen LogP contribution in [-0.2, 0) is 0 Å². The van der Waals surface area contributed by atoms with Crippen molar-refractivity contribution in [2.75, 3.05) is 0 Å². The predicted molar refractivity (Wildman–Crippen MR) is 157 cm³/mol. The Morgan fingerprint density at radius 3 is 2.50 bits per heavy atom. The standard InChI is InChI=1S/C28H15BrCl2N4O5/c29-18-7-12-25(40-28(37)16-5-9-20(10-6-16)35(38)39)17(13-18)15-32-34-26(21-11-8-19(30)14-23(21)31)33-24-4-2-1-3-22(24)27(34)36/h1-15H. The molecular formula is C28H15BrCl2N4O5. The first-order valence-corrected chi connectivity index (χ1v) is 13.0. The van der Waals surface area contributed by atoms with Crippen molar-refractivity contribution in [2.45, 2.75) is 0 Å². The lowest BCUT2D eigenvalue weighted by molar-refractivity contribution is -0.384. The van der Waals surface area contributed by atoms with Gasteiger partial charge in [0.25, 0.3) is 11.2 Å². The van der Waals surface area contributed by atoms with E-state index >= 15 is 0 Å². The number of hydrogen-bond donors (Lipinski definition) is 0. The zero-order chi connectivity index (χ0) is 28.4. The molecule has 0 atom stereocenters. The van der Waals surface area contributed by atoms with Crippen LogP contribution in [0.25, 0.3) is 22.3 Å². The van der Waals surface area contributed by atoms with Crippen LogP contribution in [0.4, 0.5) is 5.69 Å². The van der Waals surface area contributed by atoms with Crippen LogP contribution < -0.4 is 10.3 Å². The minimum Gasteiger partial charge on any atom is -0.422 e. The molecule has 5 aromatic rings. The summed E-state index contributed by atoms with van der Waals surface area (Å²) in [5.74, 6) is -0.408. The van der Waals surface area contributed by atoms with Crippen LogP contribution in [0, 0.1) is 10.1 Å². The molecule has 0 bridgehead atoms. The predicted octanol–water partition coefficient (Wildman–Crippen LogP) is 7.14. The minimum absolute atomic E-state index is 0.117. The second kappa shape index (κ2) is 11.4. The number of esters is 1. The summed E-state index contributed by atoms with van der Waals surface area (Å²) in [5.41, 5.74) is 0.774. The highest BCUT2D eigenvalue weighted by atomic mass is 79.9. The lowest BCUT2D eigenvalue weighted by Gasteiger charge is -2.12. The van der Waals surface area contributed by atoms with Crippen molar-refractivity contribution < 1.29 is 14.5 Å². The third kappa shape index (κ3) is 5.64. The molecule has 0 radical (unpaired) electrons. The van der Waals surface area contributed by atoms with E-state index in [1.54, 1.807) is 54.6 Å². The van der Waals surface area contributed by atoms with E-state index in [-0.39, 0.29) is 27.8 Å². The highest BCUT2D eigenvalue weighted by Gasteiger charge is 2.17. The second-order valence-electron chi connectivity index (χ2n) is 8.31. The van der Waals surface area contributed by atoms with Gasteiger partial charge >= 0.3 is 5.97 Å². The highest BCUT2D eigenvalue weighted by Crippen LogP contribution is 2.30. The Kier molecular flexibility index (Phi) is 7.74. The number of ether oxygens (including phenoxy) is 1. The van der Waals surface area contributed by atoms with Crippen molar-refractivity contribution >= 4 is 67.9 Å². The molecule has 0 aliphatic carbocycles. The highest BCUT2D eigenvalue weighted by molar-refractivity contribution is 9.10. The van der Waals surface area contributed by atoms with Crippen molar-refractivity contribution in [2.24, 2.45) is 5.10 Å². The molecule has 198 valence electrons. The largest absolute Gasteiger partial charge is 0.422 e. The van der Waals surface area contributed by atoms with Crippen molar-refractivity contribution in [3.8, 4) is 17.1 Å². The number of aromatic nitrogens is 2. The Labute approximate surface area is 244 Å². The van der Waals surface area contributed by atoms with Gasteiger partial charge in [-0.25, -0.2) is 9.78 Å². The molecule has 0 fully saturated rings. The van der Waals surface area contributed by atoms with Gasteiger partial charge in [-0.1, -0.05) is 51.3 Å². The number of fused-ring (bicyclic) bond motifs is 1. The van der Waals surface area contributed by atoms with Crippen molar-refractivity contribution in [3.63, 3.8) is 0 Å². The third-order valence-electron chi connectivity index (χ3n) is 5.73. The van der Waals surface area contributed by atoms with Crippen molar-refractivity contribution in [3.05, 3.63) is 131 Å². The first-order chi connectivity index (χ1) is 19.2. The number of non-ortho nitro benzene ring substituents is 1. The number of hydrogen-bond acceptors (Lipinski definition) is 7. The molecule has 0 saturated carbocycles. The average molecular weight is 638 g/mol. The zero-order valence-corrected chi connectivity index (χ0v) is 23.2. The minimum atomic E-state index is -0.731. The summed E-state index contributed by atoms with van der Waals surface area (Å²) in [7, 11) is 0. The van der Waals surface area contributed by atoms with Crippen LogP contribution in [0.5, 0.6) is 5.75 Å². The van der Waals surface area contributed by atoms with E-state index in [1.165, 1.54) is 36.5 Å². The van der Waals surface area contributed by atoms with E-state index in [2.05, 4.69) is 26.0 Å². The van der Waals surface area contributed by atoms with Gasteiger partial charge in [0.15, 0.2) is 5.82 Å². The summed E-state index contributed by atoms with van der Waals surface area (Å²) in [6.07, 6.45) is 1.36. The lowest BCUT2D eigenvalue weighted by atomic mass is 10.2. The van der Waals surface area contributed by atoms with E-state index in [0.29, 0.717) is 31.5 Å². The molecule has 0 saturated heterocycles. The first-order valence-electron chi connectivity index (χ1n) is 11.5. The van der Waals surface area contributed by atoms with Gasteiger partial charge < -0.3 is 4.74 Å². The number of benzene rings is 4. The zero-order valence-electron chi connectivity index (χ0n) is 20.1. The number of carbonyl (C=O) groups is 1. The van der Waals surface area contributed by atoms with E-state index in [9.17, 15) is 19.7 Å². The molecule has 0 aliphatic rings. The number of nitrogens with zero attached hydrogens (tertiary/aromatic N) is 4. The van der Waals surface area contributed by atoms with Crippen LogP contribution in [0.1, 0.15) is 15.9 Å². The van der Waals surface area contributed by atoms with Gasteiger partial charge in [0.1, 0.15) is 5.75 Å². The maximum Gasteiger partial charge on any atom is 0.343 e. The van der Waals surface area contributed by atoms with Gasteiger partial charge in [-0.15, -0.1) is 0 Å². The molecule has 0 spiro atoms. The Morgan fingerprint density at radius 2 is 1.77 bits per heavy atom. The number of para-hydroxylation sites is 1. The molecular weight excluding hydrogens is 623 g/mol. The summed E-state index contributed by atoms with van der Waals surface area (Å²) >= 11 is 15.9. The maximum atomic E-state index is 13.5. The van der Waals surface area contributed by atoms with Crippen LogP contribution in [0.3, 0.4) is 0 Å². The topological polar surface area (TPSA) is 117 Å². The molecule has 0 aliphatic heterocycles. The molecule has 0 N–H and O–H groups in total. The van der Waals surface area contributed by atoms with Crippen LogP contribution in [0.15, 0.2) is 99.3 Å². The van der Waals surface area contributed by atoms with Gasteiger partial charge in [-0.05, 0) is 60.7 Å². The molecule has 0 amide bonds. The number of nitro groups is 1. The summed E-state index contributed by atoms with van der Waals surface area (Å²) in [5, 5.41) is 16.4. The Balaban J connectivity index is 1.57. The Bertz CT molecular complexity index is 1890. The van der Waals surface area contributed by atoms with Gasteiger partial charge in [0.05, 0.1) is 32.6 Å². The quantitative estimate of drug-likeness (QED) is 0.0642. The van der Waals surface area contributed by atoms with E-state index in [4.69, 9.17) is 27.9 Å². The van der Waals surface area contributed by atoms with E-state index in [1.807, 2.05) is 0 Å². The fraction of sp³-hybridized carbons (Fsp3) is 0. The fourth-order valence-corrected chi connectivity index (χ4v) is 4.66. The average Bonchev–Trinajstić information content (AvgIpc) is 2.94. The summed E-state index contributed by atoms with van der Waals surface area (Å²) in [6.45, 7) is 0. The number of carbonyl (C=O) groups excluding carboxylic acids is 1. The number of nitro benzene ring substituents is 1. The first kappa shape index (κ1) is 27.2. The molecule has 12 heteroatoms. The van der Waals surface area contributed by atoms with Crippen LogP contribution in [-0.4, -0.2) is 26.8 Å². The monoisotopic (exact) mass is 636 g/mol. The molecule has 0 unspecified atom stereocenters. The van der Waals surface area contributed by atoms with Crippen LogP contribution >= 0.6 is 39.1 Å².